The van der Waals surface area contributed by atoms with E-state index < -0.39 is 47.0 Å². The van der Waals surface area contributed by atoms with E-state index in [1.165, 1.54) is 6.92 Å². The van der Waals surface area contributed by atoms with Gasteiger partial charge >= 0.3 is 11.9 Å². The molecule has 1 aromatic carbocycles. The monoisotopic (exact) mass is 329 g/mol. The molecule has 2 atom stereocenters. The number of halogens is 2. The minimum absolute atomic E-state index is 0.149. The number of rotatable bonds is 7. The van der Waals surface area contributed by atoms with E-state index in [4.69, 9.17) is 4.74 Å². The molecule has 0 saturated heterocycles. The van der Waals surface area contributed by atoms with Gasteiger partial charge in [-0.2, -0.15) is 0 Å². The van der Waals surface area contributed by atoms with Crippen LogP contribution < -0.4 is 5.32 Å². The smallest absolute Gasteiger partial charge is 0.326 e. The highest BCUT2D eigenvalue weighted by molar-refractivity contribution is 5.97. The van der Waals surface area contributed by atoms with E-state index in [0.29, 0.717) is 6.07 Å². The molecule has 1 amide bonds. The molecule has 0 spiro atoms. The van der Waals surface area contributed by atoms with Gasteiger partial charge in [-0.15, -0.1) is 0 Å². The Balaban J connectivity index is 2.84. The summed E-state index contributed by atoms with van der Waals surface area (Å²) in [5.41, 5.74) is -0.485. The van der Waals surface area contributed by atoms with Crippen LogP contribution in [0.4, 0.5) is 8.78 Å². The van der Waals surface area contributed by atoms with E-state index in [1.54, 1.807) is 6.92 Å². The zero-order valence-electron chi connectivity index (χ0n) is 12.6. The number of ether oxygens (including phenoxy) is 1. The number of carbonyl (C=O) groups excluding carboxylic acids is 2. The third-order valence-electron chi connectivity index (χ3n) is 3.09. The molecule has 0 saturated carbocycles. The van der Waals surface area contributed by atoms with Crippen LogP contribution in [0.3, 0.4) is 0 Å². The summed E-state index contributed by atoms with van der Waals surface area (Å²) in [4.78, 5) is 34.6. The average molecular weight is 329 g/mol. The van der Waals surface area contributed by atoms with E-state index in [1.807, 2.05) is 0 Å². The third-order valence-corrected chi connectivity index (χ3v) is 3.09. The SMILES string of the molecule is CCOC(=O)C[C@@H](C)[C@H](NC(=O)c1ccc(F)cc1F)C(=O)O. The molecule has 0 aliphatic carbocycles. The van der Waals surface area contributed by atoms with Crippen molar-refractivity contribution in [2.75, 3.05) is 6.61 Å². The van der Waals surface area contributed by atoms with Crippen LogP contribution in [0.15, 0.2) is 18.2 Å². The summed E-state index contributed by atoms with van der Waals surface area (Å²) in [7, 11) is 0. The molecule has 0 bridgehead atoms. The first kappa shape index (κ1) is 18.5. The summed E-state index contributed by atoms with van der Waals surface area (Å²) in [6.45, 7) is 3.20. The van der Waals surface area contributed by atoms with Gasteiger partial charge in [-0.3, -0.25) is 9.59 Å². The molecule has 6 nitrogen and oxygen atoms in total. The lowest BCUT2D eigenvalue weighted by atomic mass is 9.98. The number of hydrogen-bond acceptors (Lipinski definition) is 4. The molecule has 1 rings (SSSR count). The van der Waals surface area contributed by atoms with E-state index >= 15 is 0 Å². The fourth-order valence-corrected chi connectivity index (χ4v) is 1.94. The van der Waals surface area contributed by atoms with Crippen molar-refractivity contribution < 1.29 is 33.0 Å². The van der Waals surface area contributed by atoms with Gasteiger partial charge in [0, 0.05) is 6.07 Å². The second-order valence-corrected chi connectivity index (χ2v) is 4.90. The van der Waals surface area contributed by atoms with Crippen LogP contribution in [0, 0.1) is 17.6 Å². The first-order valence-corrected chi connectivity index (χ1v) is 6.90. The number of esters is 1. The van der Waals surface area contributed by atoms with E-state index in [-0.39, 0.29) is 13.0 Å². The number of hydrogen-bond donors (Lipinski definition) is 2. The van der Waals surface area contributed by atoms with Gasteiger partial charge < -0.3 is 15.2 Å². The molecule has 8 heteroatoms. The van der Waals surface area contributed by atoms with Crippen LogP contribution in [0.5, 0.6) is 0 Å². The van der Waals surface area contributed by atoms with Crippen LogP contribution in [0.25, 0.3) is 0 Å². The van der Waals surface area contributed by atoms with Gasteiger partial charge in [0.25, 0.3) is 5.91 Å². The number of benzene rings is 1. The summed E-state index contributed by atoms with van der Waals surface area (Å²) in [6.07, 6.45) is -0.225. The maximum absolute atomic E-state index is 13.5. The highest BCUT2D eigenvalue weighted by Crippen LogP contribution is 2.13. The summed E-state index contributed by atoms with van der Waals surface area (Å²) in [6, 6.07) is 0.897. The van der Waals surface area contributed by atoms with Gasteiger partial charge in [0.15, 0.2) is 0 Å². The Hall–Kier alpha value is -2.51. The van der Waals surface area contributed by atoms with Crippen LogP contribution in [0.1, 0.15) is 30.6 Å². The molecule has 1 aromatic rings. The predicted octanol–water partition coefficient (Wildman–Crippen LogP) is 1.74. The van der Waals surface area contributed by atoms with Gasteiger partial charge in [0.2, 0.25) is 0 Å². The summed E-state index contributed by atoms with van der Waals surface area (Å²) >= 11 is 0. The van der Waals surface area contributed by atoms with Crippen LogP contribution in [0.2, 0.25) is 0 Å². The normalized spacial score (nSPS) is 13.0. The molecule has 0 fully saturated rings. The molecule has 23 heavy (non-hydrogen) atoms. The quantitative estimate of drug-likeness (QED) is 0.743. The largest absolute Gasteiger partial charge is 0.480 e. The fraction of sp³-hybridized carbons (Fsp3) is 0.400. The fourth-order valence-electron chi connectivity index (χ4n) is 1.94. The zero-order valence-corrected chi connectivity index (χ0v) is 12.6. The minimum atomic E-state index is -1.42. The molecule has 0 radical (unpaired) electrons. The first-order valence-electron chi connectivity index (χ1n) is 6.90. The lowest BCUT2D eigenvalue weighted by Gasteiger charge is -2.21. The molecule has 0 aliphatic heterocycles. The molecular weight excluding hydrogens is 312 g/mol. The Kier molecular flexibility index (Phi) is 6.62. The molecule has 0 aromatic heterocycles. The van der Waals surface area contributed by atoms with Crippen LogP contribution >= 0.6 is 0 Å². The highest BCUT2D eigenvalue weighted by atomic mass is 19.1. The van der Waals surface area contributed by atoms with Crippen molar-refractivity contribution in [1.29, 1.82) is 0 Å². The third kappa shape index (κ3) is 5.32. The lowest BCUT2D eigenvalue weighted by molar-refractivity contribution is -0.145. The van der Waals surface area contributed by atoms with Crippen LogP contribution in [-0.2, 0) is 14.3 Å². The van der Waals surface area contributed by atoms with Crippen molar-refractivity contribution in [3.8, 4) is 0 Å². The summed E-state index contributed by atoms with van der Waals surface area (Å²) in [5.74, 6) is -5.73. The van der Waals surface area contributed by atoms with Crippen molar-refractivity contribution in [1.82, 2.24) is 5.32 Å². The number of aliphatic carboxylic acids is 1. The Morgan fingerprint density at radius 3 is 2.48 bits per heavy atom. The minimum Gasteiger partial charge on any atom is -0.480 e. The molecule has 0 unspecified atom stereocenters. The lowest BCUT2D eigenvalue weighted by Crippen LogP contribution is -2.46. The molecular formula is C15H17F2NO5. The van der Waals surface area contributed by atoms with Gasteiger partial charge in [0.05, 0.1) is 18.6 Å². The maximum atomic E-state index is 13.5. The van der Waals surface area contributed by atoms with Crippen molar-refractivity contribution in [2.45, 2.75) is 26.3 Å². The van der Waals surface area contributed by atoms with Crippen molar-refractivity contribution >= 4 is 17.8 Å². The van der Waals surface area contributed by atoms with Crippen molar-refractivity contribution in [2.24, 2.45) is 5.92 Å². The Morgan fingerprint density at radius 2 is 1.96 bits per heavy atom. The summed E-state index contributed by atoms with van der Waals surface area (Å²) in [5, 5.41) is 11.3. The molecule has 2 N–H and O–H groups in total. The topological polar surface area (TPSA) is 92.7 Å². The Morgan fingerprint density at radius 1 is 1.30 bits per heavy atom. The van der Waals surface area contributed by atoms with E-state index in [0.717, 1.165) is 12.1 Å². The van der Waals surface area contributed by atoms with Crippen molar-refractivity contribution in [3.05, 3.63) is 35.4 Å². The first-order chi connectivity index (χ1) is 10.8. The second kappa shape index (κ2) is 8.21. The van der Waals surface area contributed by atoms with Gasteiger partial charge in [-0.05, 0) is 25.0 Å². The average Bonchev–Trinajstić information content (AvgIpc) is 2.44. The Bertz CT molecular complexity index is 606. The number of nitrogens with one attached hydrogen (secondary N) is 1. The maximum Gasteiger partial charge on any atom is 0.326 e. The van der Waals surface area contributed by atoms with Crippen molar-refractivity contribution in [3.63, 3.8) is 0 Å². The highest BCUT2D eigenvalue weighted by Gasteiger charge is 2.29. The predicted molar refractivity (Wildman–Crippen MR) is 75.7 cm³/mol. The number of amides is 1. The standard InChI is InChI=1S/C15H17F2NO5/c1-3-23-12(19)6-8(2)13(15(21)22)18-14(20)10-5-4-9(16)7-11(10)17/h4-5,7-8,13H,3,6H2,1-2H3,(H,18,20)(H,21,22)/t8-,13+/m1/s1. The van der Waals surface area contributed by atoms with Gasteiger partial charge in [-0.25, -0.2) is 13.6 Å². The number of carbonyl (C=O) groups is 3. The summed E-state index contributed by atoms with van der Waals surface area (Å²) < 4.78 is 31.1. The Labute approximate surface area is 131 Å². The second-order valence-electron chi connectivity index (χ2n) is 4.90. The van der Waals surface area contributed by atoms with E-state index in [2.05, 4.69) is 5.32 Å². The number of carboxylic acids is 1. The molecule has 0 aliphatic rings. The van der Waals surface area contributed by atoms with Gasteiger partial charge in [0.1, 0.15) is 17.7 Å². The van der Waals surface area contributed by atoms with Gasteiger partial charge in [-0.1, -0.05) is 6.92 Å². The zero-order chi connectivity index (χ0) is 17.6. The number of carboxylic acid groups (broad SMARTS) is 1. The van der Waals surface area contributed by atoms with E-state index in [9.17, 15) is 28.3 Å². The molecule has 126 valence electrons. The van der Waals surface area contributed by atoms with Crippen LogP contribution in [-0.4, -0.2) is 35.6 Å². The molecule has 0 heterocycles.